The molecule has 0 amide bonds. The van der Waals surface area contributed by atoms with Crippen molar-refractivity contribution in [3.63, 3.8) is 0 Å². The van der Waals surface area contributed by atoms with Crippen LogP contribution in [0.5, 0.6) is 0 Å². The molecule has 0 saturated heterocycles. The molecule has 1 aromatic heterocycles. The molecule has 0 radical (unpaired) electrons. The average Bonchev–Trinajstić information content (AvgIpc) is 2.82. The Kier molecular flexibility index (Phi) is 3.64. The van der Waals surface area contributed by atoms with Crippen molar-refractivity contribution in [3.8, 4) is 0 Å². The third-order valence-electron chi connectivity index (χ3n) is 2.54. The third-order valence-corrected chi connectivity index (χ3v) is 3.07. The second-order valence-electron chi connectivity index (χ2n) is 3.80. The summed E-state index contributed by atoms with van der Waals surface area (Å²) >= 11 is 1.34. The topological polar surface area (TPSA) is 51.8 Å². The van der Waals surface area contributed by atoms with E-state index in [1.807, 2.05) is 11.4 Å². The van der Waals surface area contributed by atoms with E-state index in [0.717, 1.165) is 24.1 Å². The minimum absolute atomic E-state index is 0.157. The van der Waals surface area contributed by atoms with Crippen molar-refractivity contribution in [3.05, 3.63) is 46.5 Å². The van der Waals surface area contributed by atoms with E-state index < -0.39 is 0 Å². The lowest BCUT2D eigenvalue weighted by molar-refractivity contribution is 0.812. The van der Waals surface area contributed by atoms with Gasteiger partial charge in [0.15, 0.2) is 0 Å². The number of hydrogen-bond acceptors (Lipinski definition) is 4. The molecule has 2 aromatic rings. The Morgan fingerprint density at radius 2 is 2.31 bits per heavy atom. The summed E-state index contributed by atoms with van der Waals surface area (Å²) in [5.74, 6) is 0. The van der Waals surface area contributed by atoms with Crippen LogP contribution in [0.1, 0.15) is 36.2 Å². The summed E-state index contributed by atoms with van der Waals surface area (Å²) in [5.41, 5.74) is 9.42. The molecule has 0 saturated carbocycles. The monoisotopic (exact) mass is 233 g/mol. The van der Waals surface area contributed by atoms with Crippen LogP contribution < -0.4 is 5.73 Å². The van der Waals surface area contributed by atoms with Crippen molar-refractivity contribution in [2.24, 2.45) is 5.73 Å². The van der Waals surface area contributed by atoms with Crippen molar-refractivity contribution < 1.29 is 0 Å². The van der Waals surface area contributed by atoms with Crippen molar-refractivity contribution in [1.29, 1.82) is 0 Å². The van der Waals surface area contributed by atoms with Crippen molar-refractivity contribution >= 4 is 11.5 Å². The second kappa shape index (κ2) is 5.18. The van der Waals surface area contributed by atoms with Gasteiger partial charge in [0.2, 0.25) is 0 Å². The van der Waals surface area contributed by atoms with E-state index in [1.165, 1.54) is 17.1 Å². The zero-order valence-electron chi connectivity index (χ0n) is 9.26. The summed E-state index contributed by atoms with van der Waals surface area (Å²) in [6, 6.07) is 8.24. The summed E-state index contributed by atoms with van der Waals surface area (Å²) in [6.07, 6.45) is 2.24. The van der Waals surface area contributed by atoms with Crippen LogP contribution in [0.3, 0.4) is 0 Å². The van der Waals surface area contributed by atoms with Crippen molar-refractivity contribution in [2.75, 3.05) is 0 Å². The van der Waals surface area contributed by atoms with Crippen LogP contribution in [0.25, 0.3) is 0 Å². The molecule has 0 bridgehead atoms. The van der Waals surface area contributed by atoms with E-state index in [-0.39, 0.29) is 6.04 Å². The zero-order chi connectivity index (χ0) is 11.4. The molecular weight excluding hydrogens is 218 g/mol. The van der Waals surface area contributed by atoms with Crippen LogP contribution in [0, 0.1) is 0 Å². The summed E-state index contributed by atoms with van der Waals surface area (Å²) in [6.45, 7) is 2.18. The lowest BCUT2D eigenvalue weighted by Crippen LogP contribution is -2.12. The number of aromatic nitrogens is 2. The fraction of sp³-hybridized carbons (Fsp3) is 0.333. The SMILES string of the molecule is CCCc1cccc(C(N)c2csnn2)c1. The number of nitrogens with zero attached hydrogens (tertiary/aromatic N) is 2. The average molecular weight is 233 g/mol. The van der Waals surface area contributed by atoms with Gasteiger partial charge in [-0.25, -0.2) is 0 Å². The first-order valence-electron chi connectivity index (χ1n) is 5.42. The first kappa shape index (κ1) is 11.2. The highest BCUT2D eigenvalue weighted by Gasteiger charge is 2.11. The summed E-state index contributed by atoms with van der Waals surface area (Å²) < 4.78 is 3.84. The standard InChI is InChI=1S/C12H15N3S/c1-2-4-9-5-3-6-10(7-9)12(13)11-8-16-15-14-11/h3,5-8,12H,2,4,13H2,1H3. The molecule has 1 heterocycles. The lowest BCUT2D eigenvalue weighted by atomic mass is 10.0. The quantitative estimate of drug-likeness (QED) is 0.883. The number of rotatable bonds is 4. The lowest BCUT2D eigenvalue weighted by Gasteiger charge is -2.10. The number of benzene rings is 1. The molecule has 2 N–H and O–H groups in total. The Hall–Kier alpha value is -1.26. The van der Waals surface area contributed by atoms with Crippen LogP contribution in [-0.4, -0.2) is 9.59 Å². The van der Waals surface area contributed by atoms with Gasteiger partial charge in [0.25, 0.3) is 0 Å². The largest absolute Gasteiger partial charge is 0.319 e. The van der Waals surface area contributed by atoms with Gasteiger partial charge in [0, 0.05) is 5.38 Å². The molecule has 0 aliphatic heterocycles. The smallest absolute Gasteiger partial charge is 0.0967 e. The molecule has 0 fully saturated rings. The van der Waals surface area contributed by atoms with Gasteiger partial charge in [-0.05, 0) is 29.1 Å². The molecule has 0 spiro atoms. The fourth-order valence-electron chi connectivity index (χ4n) is 1.71. The van der Waals surface area contributed by atoms with E-state index >= 15 is 0 Å². The van der Waals surface area contributed by atoms with Gasteiger partial charge in [-0.2, -0.15) is 0 Å². The van der Waals surface area contributed by atoms with Gasteiger partial charge in [0.05, 0.1) is 11.7 Å². The van der Waals surface area contributed by atoms with Crippen LogP contribution in [0.2, 0.25) is 0 Å². The predicted molar refractivity (Wildman–Crippen MR) is 66.4 cm³/mol. The van der Waals surface area contributed by atoms with Crippen LogP contribution in [0.15, 0.2) is 29.6 Å². The maximum Gasteiger partial charge on any atom is 0.0967 e. The molecule has 0 aliphatic rings. The van der Waals surface area contributed by atoms with Gasteiger partial charge in [-0.1, -0.05) is 42.1 Å². The molecular formula is C12H15N3S. The highest BCUT2D eigenvalue weighted by atomic mass is 32.1. The molecule has 1 atom stereocenters. The van der Waals surface area contributed by atoms with Crippen LogP contribution in [0.4, 0.5) is 0 Å². The van der Waals surface area contributed by atoms with E-state index in [9.17, 15) is 0 Å². The van der Waals surface area contributed by atoms with Gasteiger partial charge >= 0.3 is 0 Å². The maximum atomic E-state index is 6.13. The van der Waals surface area contributed by atoms with E-state index in [1.54, 1.807) is 0 Å². The maximum absolute atomic E-state index is 6.13. The third kappa shape index (κ3) is 2.46. The van der Waals surface area contributed by atoms with Gasteiger partial charge in [-0.3, -0.25) is 0 Å². The van der Waals surface area contributed by atoms with Crippen LogP contribution in [-0.2, 0) is 6.42 Å². The normalized spacial score (nSPS) is 12.6. The Morgan fingerprint density at radius 1 is 1.44 bits per heavy atom. The second-order valence-corrected chi connectivity index (χ2v) is 4.41. The molecule has 84 valence electrons. The summed E-state index contributed by atoms with van der Waals surface area (Å²) in [5, 5.41) is 5.91. The minimum Gasteiger partial charge on any atom is -0.319 e. The predicted octanol–water partition coefficient (Wildman–Crippen LogP) is 2.54. The minimum atomic E-state index is -0.157. The Labute approximate surface area is 99.5 Å². The fourth-order valence-corrected chi connectivity index (χ4v) is 2.20. The number of hydrogen-bond donors (Lipinski definition) is 1. The van der Waals surface area contributed by atoms with E-state index in [2.05, 4.69) is 34.7 Å². The molecule has 1 aromatic carbocycles. The van der Waals surface area contributed by atoms with E-state index in [0.29, 0.717) is 0 Å². The molecule has 4 heteroatoms. The highest BCUT2D eigenvalue weighted by Crippen LogP contribution is 2.19. The number of nitrogens with two attached hydrogens (primary N) is 1. The van der Waals surface area contributed by atoms with Gasteiger partial charge in [-0.15, -0.1) is 5.10 Å². The Morgan fingerprint density at radius 3 is 3.00 bits per heavy atom. The van der Waals surface area contributed by atoms with Gasteiger partial charge < -0.3 is 5.73 Å². The van der Waals surface area contributed by atoms with Gasteiger partial charge in [0.1, 0.15) is 0 Å². The first-order chi connectivity index (χ1) is 7.81. The van der Waals surface area contributed by atoms with E-state index in [4.69, 9.17) is 5.73 Å². The molecule has 16 heavy (non-hydrogen) atoms. The molecule has 0 aliphatic carbocycles. The first-order valence-corrected chi connectivity index (χ1v) is 6.26. The van der Waals surface area contributed by atoms with Crippen molar-refractivity contribution in [2.45, 2.75) is 25.8 Å². The Bertz CT molecular complexity index is 439. The van der Waals surface area contributed by atoms with Crippen molar-refractivity contribution in [1.82, 2.24) is 9.59 Å². The highest BCUT2D eigenvalue weighted by molar-refractivity contribution is 7.03. The summed E-state index contributed by atoms with van der Waals surface area (Å²) in [7, 11) is 0. The zero-order valence-corrected chi connectivity index (χ0v) is 10.1. The van der Waals surface area contributed by atoms with Crippen LogP contribution >= 0.6 is 11.5 Å². The number of aryl methyl sites for hydroxylation is 1. The summed E-state index contributed by atoms with van der Waals surface area (Å²) in [4.78, 5) is 0. The molecule has 3 nitrogen and oxygen atoms in total. The molecule has 2 rings (SSSR count). The Balaban J connectivity index is 2.23. The molecule has 1 unspecified atom stereocenters.